The van der Waals surface area contributed by atoms with Gasteiger partial charge < -0.3 is 4.42 Å². The number of nitrogens with one attached hydrogen (secondary N) is 1. The average Bonchev–Trinajstić information content (AvgIpc) is 2.83. The molecular weight excluding hydrogens is 272 g/mol. The van der Waals surface area contributed by atoms with Crippen LogP contribution in [0.4, 0.5) is 0 Å². The number of nitrogens with zero attached hydrogens (tertiary/aromatic N) is 2. The van der Waals surface area contributed by atoms with Crippen molar-refractivity contribution in [2.45, 2.75) is 6.54 Å². The molecule has 0 aliphatic heterocycles. The SMILES string of the molecule is NNC(=O)c1cccc(Cn2c(=O)oc3ccccc32)n1. The van der Waals surface area contributed by atoms with Crippen LogP contribution in [0, 0.1) is 0 Å². The topological polar surface area (TPSA) is 103 Å². The quantitative estimate of drug-likeness (QED) is 0.417. The Morgan fingerprint density at radius 2 is 2.05 bits per heavy atom. The van der Waals surface area contributed by atoms with Crippen LogP contribution in [-0.2, 0) is 6.54 Å². The summed E-state index contributed by atoms with van der Waals surface area (Å²) in [7, 11) is 0. The Balaban J connectivity index is 2.01. The van der Waals surface area contributed by atoms with Crippen LogP contribution in [-0.4, -0.2) is 15.5 Å². The summed E-state index contributed by atoms with van der Waals surface area (Å²) >= 11 is 0. The van der Waals surface area contributed by atoms with E-state index in [2.05, 4.69) is 4.98 Å². The van der Waals surface area contributed by atoms with Gasteiger partial charge in [0.05, 0.1) is 17.8 Å². The number of carbonyl (C=O) groups excluding carboxylic acids is 1. The van der Waals surface area contributed by atoms with Gasteiger partial charge in [0.2, 0.25) is 0 Å². The summed E-state index contributed by atoms with van der Waals surface area (Å²) < 4.78 is 6.61. The minimum Gasteiger partial charge on any atom is -0.408 e. The van der Waals surface area contributed by atoms with E-state index in [-0.39, 0.29) is 12.2 Å². The zero-order valence-electron chi connectivity index (χ0n) is 10.9. The number of amides is 1. The number of nitrogens with two attached hydrogens (primary N) is 1. The van der Waals surface area contributed by atoms with E-state index in [9.17, 15) is 9.59 Å². The van der Waals surface area contributed by atoms with E-state index >= 15 is 0 Å². The number of rotatable bonds is 3. The molecule has 0 bridgehead atoms. The van der Waals surface area contributed by atoms with Gasteiger partial charge in [-0.2, -0.15) is 0 Å². The highest BCUT2D eigenvalue weighted by Gasteiger charge is 2.11. The Hall–Kier alpha value is -2.93. The average molecular weight is 284 g/mol. The number of fused-ring (bicyclic) bond motifs is 1. The fraction of sp³-hybridized carbons (Fsp3) is 0.0714. The molecule has 0 unspecified atom stereocenters. The Morgan fingerprint density at radius 3 is 2.86 bits per heavy atom. The number of hydrazine groups is 1. The van der Waals surface area contributed by atoms with Crippen molar-refractivity contribution < 1.29 is 9.21 Å². The predicted octanol–water partition coefficient (Wildman–Crippen LogP) is 0.641. The fourth-order valence-electron chi connectivity index (χ4n) is 2.09. The number of hydrogen-bond donors (Lipinski definition) is 2. The van der Waals surface area contributed by atoms with Crippen molar-refractivity contribution in [2.75, 3.05) is 0 Å². The van der Waals surface area contributed by atoms with Crippen LogP contribution < -0.4 is 17.0 Å². The second-order valence-electron chi connectivity index (χ2n) is 4.41. The van der Waals surface area contributed by atoms with Crippen LogP contribution in [0.15, 0.2) is 51.7 Å². The third kappa shape index (κ3) is 2.41. The fourth-order valence-corrected chi connectivity index (χ4v) is 2.09. The lowest BCUT2D eigenvalue weighted by Gasteiger charge is -2.04. The van der Waals surface area contributed by atoms with Gasteiger partial charge in [0.25, 0.3) is 5.91 Å². The first-order valence-corrected chi connectivity index (χ1v) is 6.24. The number of aromatic nitrogens is 2. The number of nitrogen functional groups attached to an aromatic ring is 1. The molecule has 106 valence electrons. The number of oxazole rings is 1. The summed E-state index contributed by atoms with van der Waals surface area (Å²) in [5.41, 5.74) is 3.96. The highest BCUT2D eigenvalue weighted by molar-refractivity contribution is 5.91. The summed E-state index contributed by atoms with van der Waals surface area (Å²) in [6.07, 6.45) is 0. The molecule has 7 heteroatoms. The molecule has 3 rings (SSSR count). The summed E-state index contributed by atoms with van der Waals surface area (Å²) in [5.74, 6) is 4.13. The standard InChI is InChI=1S/C14H12N4O3/c15-17-13(19)10-5-3-4-9(16-10)8-18-11-6-1-2-7-12(11)21-14(18)20/h1-7H,8,15H2,(H,17,19). The Labute approximate surface area is 119 Å². The van der Waals surface area contributed by atoms with E-state index < -0.39 is 11.7 Å². The lowest BCUT2D eigenvalue weighted by Crippen LogP contribution is -2.31. The maximum Gasteiger partial charge on any atom is 0.420 e. The van der Waals surface area contributed by atoms with Crippen LogP contribution in [0.25, 0.3) is 11.1 Å². The van der Waals surface area contributed by atoms with Gasteiger partial charge in [0, 0.05) is 0 Å². The van der Waals surface area contributed by atoms with Crippen molar-refractivity contribution in [1.82, 2.24) is 15.0 Å². The molecule has 0 fully saturated rings. The smallest absolute Gasteiger partial charge is 0.408 e. The molecule has 0 aliphatic carbocycles. The van der Waals surface area contributed by atoms with E-state index in [4.69, 9.17) is 10.3 Å². The van der Waals surface area contributed by atoms with Crippen molar-refractivity contribution in [3.05, 3.63) is 64.4 Å². The van der Waals surface area contributed by atoms with Gasteiger partial charge in [-0.15, -0.1) is 0 Å². The van der Waals surface area contributed by atoms with Crippen molar-refractivity contribution in [2.24, 2.45) is 5.84 Å². The van der Waals surface area contributed by atoms with Gasteiger partial charge in [0.1, 0.15) is 5.69 Å². The number of hydrogen-bond acceptors (Lipinski definition) is 5. The van der Waals surface area contributed by atoms with Crippen molar-refractivity contribution >= 4 is 17.0 Å². The van der Waals surface area contributed by atoms with Crippen molar-refractivity contribution in [1.29, 1.82) is 0 Å². The molecule has 0 saturated heterocycles. The van der Waals surface area contributed by atoms with E-state index in [0.717, 1.165) is 0 Å². The molecular formula is C14H12N4O3. The monoisotopic (exact) mass is 284 g/mol. The lowest BCUT2D eigenvalue weighted by atomic mass is 10.2. The summed E-state index contributed by atoms with van der Waals surface area (Å²) in [6.45, 7) is 0.210. The highest BCUT2D eigenvalue weighted by atomic mass is 16.4. The molecule has 2 aromatic heterocycles. The second-order valence-corrected chi connectivity index (χ2v) is 4.41. The zero-order valence-corrected chi connectivity index (χ0v) is 10.9. The first-order valence-electron chi connectivity index (χ1n) is 6.24. The number of benzene rings is 1. The second kappa shape index (κ2) is 5.22. The summed E-state index contributed by atoms with van der Waals surface area (Å²) in [4.78, 5) is 27.5. The van der Waals surface area contributed by atoms with E-state index in [1.165, 1.54) is 4.57 Å². The third-order valence-electron chi connectivity index (χ3n) is 3.06. The molecule has 0 atom stereocenters. The number of carbonyl (C=O) groups is 1. The van der Waals surface area contributed by atoms with Crippen molar-refractivity contribution in [3.63, 3.8) is 0 Å². The first-order chi connectivity index (χ1) is 10.2. The van der Waals surface area contributed by atoms with Gasteiger partial charge in [-0.3, -0.25) is 14.8 Å². The molecule has 0 saturated carbocycles. The molecule has 2 heterocycles. The highest BCUT2D eigenvalue weighted by Crippen LogP contribution is 2.13. The number of para-hydroxylation sites is 2. The molecule has 1 amide bonds. The maximum atomic E-state index is 11.9. The molecule has 0 spiro atoms. The van der Waals surface area contributed by atoms with Crippen molar-refractivity contribution in [3.8, 4) is 0 Å². The van der Waals surface area contributed by atoms with Crippen LogP contribution in [0.5, 0.6) is 0 Å². The van der Waals surface area contributed by atoms with Gasteiger partial charge in [-0.05, 0) is 24.3 Å². The van der Waals surface area contributed by atoms with Crippen LogP contribution in [0.2, 0.25) is 0 Å². The van der Waals surface area contributed by atoms with Crippen LogP contribution >= 0.6 is 0 Å². The third-order valence-corrected chi connectivity index (χ3v) is 3.06. The molecule has 0 radical (unpaired) electrons. The van der Waals surface area contributed by atoms with Gasteiger partial charge in [-0.25, -0.2) is 15.6 Å². The zero-order chi connectivity index (χ0) is 14.8. The normalized spacial score (nSPS) is 10.7. The predicted molar refractivity (Wildman–Crippen MR) is 75.5 cm³/mol. The summed E-state index contributed by atoms with van der Waals surface area (Å²) in [5, 5.41) is 0. The van der Waals surface area contributed by atoms with Crippen LogP contribution in [0.1, 0.15) is 16.2 Å². The van der Waals surface area contributed by atoms with E-state index in [0.29, 0.717) is 16.8 Å². The molecule has 1 aromatic carbocycles. The minimum atomic E-state index is -0.485. The molecule has 7 nitrogen and oxygen atoms in total. The lowest BCUT2D eigenvalue weighted by molar-refractivity contribution is 0.0948. The Morgan fingerprint density at radius 1 is 1.24 bits per heavy atom. The minimum absolute atomic E-state index is 0.191. The molecule has 3 N–H and O–H groups in total. The van der Waals surface area contributed by atoms with Crippen LogP contribution in [0.3, 0.4) is 0 Å². The maximum absolute atomic E-state index is 11.9. The van der Waals surface area contributed by atoms with Gasteiger partial charge in [0.15, 0.2) is 5.58 Å². The molecule has 21 heavy (non-hydrogen) atoms. The molecule has 0 aliphatic rings. The largest absolute Gasteiger partial charge is 0.420 e. The first kappa shape index (κ1) is 13.1. The Bertz CT molecular complexity index is 866. The van der Waals surface area contributed by atoms with E-state index in [1.54, 1.807) is 36.4 Å². The van der Waals surface area contributed by atoms with Gasteiger partial charge >= 0.3 is 5.76 Å². The summed E-state index contributed by atoms with van der Waals surface area (Å²) in [6, 6.07) is 12.1. The van der Waals surface area contributed by atoms with Gasteiger partial charge in [-0.1, -0.05) is 18.2 Å². The Kier molecular flexibility index (Phi) is 3.25. The number of pyridine rings is 1. The molecule has 3 aromatic rings. The van der Waals surface area contributed by atoms with E-state index in [1.807, 2.05) is 11.5 Å².